The van der Waals surface area contributed by atoms with E-state index >= 15 is 0 Å². The van der Waals surface area contributed by atoms with Crippen molar-refractivity contribution in [1.82, 2.24) is 15.5 Å². The Bertz CT molecular complexity index is 731. The Morgan fingerprint density at radius 1 is 1.40 bits per heavy atom. The van der Waals surface area contributed by atoms with Gasteiger partial charge in [0.15, 0.2) is 5.82 Å². The zero-order valence-corrected chi connectivity index (χ0v) is 14.4. The second kappa shape index (κ2) is 7.76. The lowest BCUT2D eigenvalue weighted by Crippen LogP contribution is -2.33. The Hall–Kier alpha value is -2.25. The first-order valence-corrected chi connectivity index (χ1v) is 8.41. The van der Waals surface area contributed by atoms with Crippen molar-refractivity contribution in [2.75, 3.05) is 13.7 Å². The second-order valence-electron chi connectivity index (χ2n) is 6.48. The fraction of sp³-hybridized carbons (Fsp3) is 0.500. The van der Waals surface area contributed by atoms with Gasteiger partial charge in [0.25, 0.3) is 5.91 Å². The van der Waals surface area contributed by atoms with Crippen molar-refractivity contribution >= 4 is 5.91 Å². The number of nitrogens with one attached hydrogen (secondary N) is 1. The smallest absolute Gasteiger partial charge is 0.251 e. The third-order valence-electron chi connectivity index (χ3n) is 4.64. The molecular formula is C18H23N3O4. The summed E-state index contributed by atoms with van der Waals surface area (Å²) in [6.07, 6.45) is 0.789. The first-order chi connectivity index (χ1) is 12.1. The molecular weight excluding hydrogens is 322 g/mol. The first kappa shape index (κ1) is 17.6. The lowest BCUT2D eigenvalue weighted by molar-refractivity contribution is 0.0912. The molecule has 1 aliphatic rings. The maximum atomic E-state index is 12.5. The molecule has 0 radical (unpaired) electrons. The van der Waals surface area contributed by atoms with Crippen LogP contribution in [-0.4, -0.2) is 40.9 Å². The van der Waals surface area contributed by atoms with Gasteiger partial charge in [-0.05, 0) is 31.4 Å². The normalized spacial score (nSPS) is 22.9. The highest BCUT2D eigenvalue weighted by molar-refractivity contribution is 5.95. The standard InChI is InChI=1S/C18H23N3O4/c1-11-20-18(25-21-11)13-7-14(16(22)8-13)9-19-17(23)15-6-4-3-5-12(15)10-24-2/h3-6,13-14,16,22H,7-10H2,1-2H3,(H,19,23)/t13-,14+,16+/m0/s1. The molecule has 0 bridgehead atoms. The number of aryl methyl sites for hydroxylation is 1. The third kappa shape index (κ3) is 4.05. The van der Waals surface area contributed by atoms with Gasteiger partial charge in [-0.2, -0.15) is 4.98 Å². The van der Waals surface area contributed by atoms with Gasteiger partial charge in [-0.15, -0.1) is 0 Å². The van der Waals surface area contributed by atoms with E-state index in [0.29, 0.717) is 43.3 Å². The molecule has 2 N–H and O–H groups in total. The Kier molecular flexibility index (Phi) is 5.45. The molecule has 1 amide bonds. The van der Waals surface area contributed by atoms with Crippen LogP contribution in [0.4, 0.5) is 0 Å². The molecule has 1 heterocycles. The lowest BCUT2D eigenvalue weighted by atomic mass is 10.0. The predicted octanol–water partition coefficient (Wildman–Crippen LogP) is 1.81. The number of amides is 1. The monoisotopic (exact) mass is 345 g/mol. The predicted molar refractivity (Wildman–Crippen MR) is 90.0 cm³/mol. The van der Waals surface area contributed by atoms with Crippen molar-refractivity contribution < 1.29 is 19.2 Å². The van der Waals surface area contributed by atoms with E-state index in [1.165, 1.54) is 0 Å². The van der Waals surface area contributed by atoms with E-state index < -0.39 is 6.10 Å². The number of carbonyl (C=O) groups excluding carboxylic acids is 1. The van der Waals surface area contributed by atoms with Crippen LogP contribution < -0.4 is 5.32 Å². The molecule has 7 heteroatoms. The van der Waals surface area contributed by atoms with Crippen LogP contribution in [0.5, 0.6) is 0 Å². The van der Waals surface area contributed by atoms with Crippen LogP contribution in [0.25, 0.3) is 0 Å². The summed E-state index contributed by atoms with van der Waals surface area (Å²) in [5.74, 6) is 1.01. The van der Waals surface area contributed by atoms with E-state index in [9.17, 15) is 9.90 Å². The van der Waals surface area contributed by atoms with Crippen LogP contribution in [0.15, 0.2) is 28.8 Å². The van der Waals surface area contributed by atoms with Crippen LogP contribution in [-0.2, 0) is 11.3 Å². The molecule has 3 atom stereocenters. The molecule has 0 unspecified atom stereocenters. The van der Waals surface area contributed by atoms with E-state index in [1.54, 1.807) is 20.1 Å². The molecule has 1 fully saturated rings. The van der Waals surface area contributed by atoms with Crippen LogP contribution in [0.2, 0.25) is 0 Å². The molecule has 1 aromatic carbocycles. The van der Waals surface area contributed by atoms with Crippen LogP contribution in [0.3, 0.4) is 0 Å². The minimum atomic E-state index is -0.494. The van der Waals surface area contributed by atoms with Crippen molar-refractivity contribution in [3.05, 3.63) is 47.1 Å². The highest BCUT2D eigenvalue weighted by Crippen LogP contribution is 2.37. The van der Waals surface area contributed by atoms with Gasteiger partial charge >= 0.3 is 0 Å². The SMILES string of the molecule is COCc1ccccc1C(=O)NC[C@H]1C[C@H](c2nc(C)no2)C[C@H]1O. The molecule has 134 valence electrons. The van der Waals surface area contributed by atoms with E-state index in [2.05, 4.69) is 15.5 Å². The highest BCUT2D eigenvalue weighted by atomic mass is 16.5. The number of aromatic nitrogens is 2. The Balaban J connectivity index is 1.59. The van der Waals surface area contributed by atoms with E-state index in [1.807, 2.05) is 18.2 Å². The summed E-state index contributed by atoms with van der Waals surface area (Å²) in [5.41, 5.74) is 1.44. The Morgan fingerprint density at radius 2 is 2.20 bits per heavy atom. The number of nitrogens with zero attached hydrogens (tertiary/aromatic N) is 2. The largest absolute Gasteiger partial charge is 0.393 e. The van der Waals surface area contributed by atoms with Gasteiger partial charge in [0, 0.05) is 31.1 Å². The number of hydrogen-bond donors (Lipinski definition) is 2. The van der Waals surface area contributed by atoms with Gasteiger partial charge in [-0.3, -0.25) is 4.79 Å². The molecule has 1 saturated carbocycles. The number of rotatable bonds is 6. The van der Waals surface area contributed by atoms with Crippen LogP contribution in [0.1, 0.15) is 46.4 Å². The number of methoxy groups -OCH3 is 1. The van der Waals surface area contributed by atoms with Gasteiger partial charge in [0.2, 0.25) is 5.89 Å². The minimum Gasteiger partial charge on any atom is -0.393 e. The van der Waals surface area contributed by atoms with Gasteiger partial charge in [-0.25, -0.2) is 0 Å². The number of hydrogen-bond acceptors (Lipinski definition) is 6. The fourth-order valence-electron chi connectivity index (χ4n) is 3.34. The van der Waals surface area contributed by atoms with Crippen LogP contribution in [0, 0.1) is 12.8 Å². The lowest BCUT2D eigenvalue weighted by Gasteiger charge is -2.16. The van der Waals surface area contributed by atoms with Crippen molar-refractivity contribution in [1.29, 1.82) is 0 Å². The number of aliphatic hydroxyl groups is 1. The van der Waals surface area contributed by atoms with Crippen molar-refractivity contribution in [2.45, 2.75) is 38.4 Å². The topological polar surface area (TPSA) is 97.5 Å². The molecule has 1 aliphatic carbocycles. The zero-order valence-electron chi connectivity index (χ0n) is 14.4. The maximum absolute atomic E-state index is 12.5. The molecule has 0 spiro atoms. The molecule has 3 rings (SSSR count). The van der Waals surface area contributed by atoms with Crippen molar-refractivity contribution in [3.8, 4) is 0 Å². The Morgan fingerprint density at radius 3 is 2.92 bits per heavy atom. The van der Waals surface area contributed by atoms with Gasteiger partial charge in [-0.1, -0.05) is 23.4 Å². The van der Waals surface area contributed by atoms with Crippen molar-refractivity contribution in [2.24, 2.45) is 5.92 Å². The third-order valence-corrected chi connectivity index (χ3v) is 4.64. The van der Waals surface area contributed by atoms with E-state index in [-0.39, 0.29) is 17.7 Å². The average Bonchev–Trinajstić information content (AvgIpc) is 3.19. The fourth-order valence-corrected chi connectivity index (χ4v) is 3.34. The number of aliphatic hydroxyl groups excluding tert-OH is 1. The number of ether oxygens (including phenoxy) is 1. The summed E-state index contributed by atoms with van der Waals surface area (Å²) in [6, 6.07) is 7.35. The summed E-state index contributed by atoms with van der Waals surface area (Å²) >= 11 is 0. The quantitative estimate of drug-likeness (QED) is 0.829. The molecule has 25 heavy (non-hydrogen) atoms. The summed E-state index contributed by atoms with van der Waals surface area (Å²) in [5, 5.41) is 17.0. The molecule has 7 nitrogen and oxygen atoms in total. The number of carbonyl (C=O) groups is 1. The first-order valence-electron chi connectivity index (χ1n) is 8.41. The molecule has 1 aromatic heterocycles. The minimum absolute atomic E-state index is 0.0317. The van der Waals surface area contributed by atoms with Gasteiger partial charge in [0.1, 0.15) is 0 Å². The van der Waals surface area contributed by atoms with E-state index in [4.69, 9.17) is 9.26 Å². The summed E-state index contributed by atoms with van der Waals surface area (Å²) in [7, 11) is 1.60. The second-order valence-corrected chi connectivity index (χ2v) is 6.48. The van der Waals surface area contributed by atoms with Gasteiger partial charge < -0.3 is 19.7 Å². The summed E-state index contributed by atoms with van der Waals surface area (Å²) in [6.45, 7) is 2.56. The molecule has 0 saturated heterocycles. The van der Waals surface area contributed by atoms with Crippen molar-refractivity contribution in [3.63, 3.8) is 0 Å². The Labute approximate surface area is 146 Å². The highest BCUT2D eigenvalue weighted by Gasteiger charge is 2.36. The molecule has 0 aliphatic heterocycles. The molecule has 2 aromatic rings. The van der Waals surface area contributed by atoms with Crippen LogP contribution >= 0.6 is 0 Å². The van der Waals surface area contributed by atoms with Gasteiger partial charge in [0.05, 0.1) is 12.7 Å². The van der Waals surface area contributed by atoms with E-state index in [0.717, 1.165) is 5.56 Å². The summed E-state index contributed by atoms with van der Waals surface area (Å²) < 4.78 is 10.3. The average molecular weight is 345 g/mol. The maximum Gasteiger partial charge on any atom is 0.251 e. The zero-order chi connectivity index (χ0) is 17.8. The summed E-state index contributed by atoms with van der Waals surface area (Å²) in [4.78, 5) is 16.7. The number of benzene rings is 1.